The average molecular weight is 390 g/mol. The van der Waals surface area contributed by atoms with E-state index in [4.69, 9.17) is 4.74 Å². The standard InChI is InChI=1S/C26H31NO2/c1-26(2)23-13-12-22(24(26)15-23)17-27(3)16-18-8-10-19(11-9-18)20-6-5-7-21(14-20)25(28)29-4/h5-12,14,23-24H,13,15-17H2,1-4H3/t23-,24-/m0/s1. The number of nitrogens with zero attached hydrogens (tertiary/aromatic N) is 1. The maximum absolute atomic E-state index is 11.8. The van der Waals surface area contributed by atoms with Gasteiger partial charge in [0, 0.05) is 13.1 Å². The number of esters is 1. The van der Waals surface area contributed by atoms with E-state index in [1.54, 1.807) is 11.6 Å². The summed E-state index contributed by atoms with van der Waals surface area (Å²) in [6.45, 7) is 6.87. The third-order valence-electron chi connectivity index (χ3n) is 7.06. The summed E-state index contributed by atoms with van der Waals surface area (Å²) < 4.78 is 4.83. The van der Waals surface area contributed by atoms with E-state index in [1.165, 1.54) is 25.5 Å². The van der Waals surface area contributed by atoms with Gasteiger partial charge in [0.2, 0.25) is 0 Å². The predicted molar refractivity (Wildman–Crippen MR) is 118 cm³/mol. The van der Waals surface area contributed by atoms with E-state index in [0.717, 1.165) is 36.1 Å². The first kappa shape index (κ1) is 19.9. The molecule has 0 N–H and O–H groups in total. The fourth-order valence-corrected chi connectivity index (χ4v) is 5.08. The van der Waals surface area contributed by atoms with Crippen molar-refractivity contribution in [3.8, 4) is 11.1 Å². The Morgan fingerprint density at radius 1 is 1.10 bits per heavy atom. The monoisotopic (exact) mass is 389 g/mol. The molecule has 5 rings (SSSR count). The first-order valence-corrected chi connectivity index (χ1v) is 10.5. The minimum Gasteiger partial charge on any atom is -0.465 e. The molecule has 1 saturated carbocycles. The Kier molecular flexibility index (Phi) is 5.35. The second-order valence-electron chi connectivity index (χ2n) is 9.26. The third-order valence-corrected chi connectivity index (χ3v) is 7.06. The molecule has 2 bridgehead atoms. The number of methoxy groups -OCH3 is 1. The highest BCUT2D eigenvalue weighted by Gasteiger charge is 2.50. The van der Waals surface area contributed by atoms with E-state index in [0.29, 0.717) is 11.0 Å². The van der Waals surface area contributed by atoms with Crippen LogP contribution in [0.3, 0.4) is 0 Å². The summed E-state index contributed by atoms with van der Waals surface area (Å²) in [6, 6.07) is 16.2. The third kappa shape index (κ3) is 3.89. The SMILES string of the molecule is COC(=O)c1cccc(-c2ccc(CN(C)CC3=CC[C@H]4C[C@@H]3C4(C)C)cc2)c1. The molecule has 3 aliphatic rings. The Labute approximate surface area is 174 Å². The Morgan fingerprint density at radius 3 is 2.52 bits per heavy atom. The summed E-state index contributed by atoms with van der Waals surface area (Å²) in [5.41, 5.74) is 6.15. The minimum atomic E-state index is -0.303. The normalized spacial score (nSPS) is 22.0. The van der Waals surface area contributed by atoms with Crippen molar-refractivity contribution in [3.05, 3.63) is 71.3 Å². The first-order chi connectivity index (χ1) is 13.9. The average Bonchev–Trinajstić information content (AvgIpc) is 2.73. The van der Waals surface area contributed by atoms with Gasteiger partial charge < -0.3 is 4.74 Å². The molecule has 29 heavy (non-hydrogen) atoms. The molecule has 3 nitrogen and oxygen atoms in total. The van der Waals surface area contributed by atoms with Crippen LogP contribution in [0.1, 0.15) is 42.6 Å². The molecule has 2 atom stereocenters. The van der Waals surface area contributed by atoms with Gasteiger partial charge in [-0.05, 0) is 66.0 Å². The van der Waals surface area contributed by atoms with Gasteiger partial charge in [-0.1, -0.05) is 61.9 Å². The van der Waals surface area contributed by atoms with Gasteiger partial charge in [0.25, 0.3) is 0 Å². The van der Waals surface area contributed by atoms with Gasteiger partial charge in [-0.25, -0.2) is 4.79 Å². The van der Waals surface area contributed by atoms with Crippen molar-refractivity contribution in [2.75, 3.05) is 20.7 Å². The smallest absolute Gasteiger partial charge is 0.337 e. The van der Waals surface area contributed by atoms with Crippen molar-refractivity contribution in [3.63, 3.8) is 0 Å². The number of likely N-dealkylation sites (N-methyl/N-ethyl adjacent to an activating group) is 1. The van der Waals surface area contributed by atoms with Crippen LogP contribution < -0.4 is 0 Å². The molecule has 0 amide bonds. The van der Waals surface area contributed by atoms with Crippen LogP contribution in [0.4, 0.5) is 0 Å². The summed E-state index contributed by atoms with van der Waals surface area (Å²) >= 11 is 0. The fraction of sp³-hybridized carbons (Fsp3) is 0.423. The molecule has 0 heterocycles. The molecule has 0 unspecified atom stereocenters. The molecule has 0 aromatic heterocycles. The van der Waals surface area contributed by atoms with E-state index in [1.807, 2.05) is 18.2 Å². The van der Waals surface area contributed by atoms with Crippen LogP contribution in [0.2, 0.25) is 0 Å². The largest absolute Gasteiger partial charge is 0.465 e. The zero-order valence-corrected chi connectivity index (χ0v) is 17.9. The van der Waals surface area contributed by atoms with Crippen LogP contribution in [0.15, 0.2) is 60.2 Å². The Bertz CT molecular complexity index is 926. The van der Waals surface area contributed by atoms with Crippen molar-refractivity contribution < 1.29 is 9.53 Å². The molecule has 0 saturated heterocycles. The molecule has 0 aliphatic heterocycles. The number of fused-ring (bicyclic) bond motifs is 1. The molecular weight excluding hydrogens is 358 g/mol. The highest BCUT2D eigenvalue weighted by Crippen LogP contribution is 2.59. The van der Waals surface area contributed by atoms with Crippen LogP contribution >= 0.6 is 0 Å². The van der Waals surface area contributed by atoms with Gasteiger partial charge in [0.1, 0.15) is 0 Å². The van der Waals surface area contributed by atoms with Crippen LogP contribution in [-0.4, -0.2) is 31.6 Å². The van der Waals surface area contributed by atoms with Crippen molar-refractivity contribution in [1.29, 1.82) is 0 Å². The van der Waals surface area contributed by atoms with Gasteiger partial charge >= 0.3 is 5.97 Å². The van der Waals surface area contributed by atoms with Gasteiger partial charge in [-0.3, -0.25) is 4.90 Å². The molecule has 2 aromatic rings. The minimum absolute atomic E-state index is 0.303. The lowest BCUT2D eigenvalue weighted by molar-refractivity contribution is -0.0101. The highest BCUT2D eigenvalue weighted by molar-refractivity contribution is 5.90. The highest BCUT2D eigenvalue weighted by atomic mass is 16.5. The molecule has 2 aromatic carbocycles. The summed E-state index contributed by atoms with van der Waals surface area (Å²) in [7, 11) is 3.63. The molecule has 3 aliphatic carbocycles. The Hall–Kier alpha value is -2.39. The fourth-order valence-electron chi connectivity index (χ4n) is 5.08. The van der Waals surface area contributed by atoms with Gasteiger partial charge in [-0.15, -0.1) is 0 Å². The van der Waals surface area contributed by atoms with Gasteiger partial charge in [-0.2, -0.15) is 0 Å². The zero-order valence-electron chi connectivity index (χ0n) is 17.9. The molecular formula is C26H31NO2. The number of carbonyl (C=O) groups excluding carboxylic acids is 1. The Balaban J connectivity index is 1.40. The van der Waals surface area contributed by atoms with Gasteiger partial charge in [0.15, 0.2) is 0 Å². The van der Waals surface area contributed by atoms with Crippen LogP contribution in [0.25, 0.3) is 11.1 Å². The van der Waals surface area contributed by atoms with Crippen molar-refractivity contribution in [2.24, 2.45) is 17.3 Å². The molecule has 0 spiro atoms. The summed E-state index contributed by atoms with van der Waals surface area (Å²) in [4.78, 5) is 14.2. The lowest BCUT2D eigenvalue weighted by Gasteiger charge is -2.57. The number of benzene rings is 2. The number of hydrogen-bond acceptors (Lipinski definition) is 3. The van der Waals surface area contributed by atoms with E-state index in [-0.39, 0.29) is 5.97 Å². The van der Waals surface area contributed by atoms with Crippen LogP contribution in [-0.2, 0) is 11.3 Å². The van der Waals surface area contributed by atoms with E-state index < -0.39 is 0 Å². The maximum atomic E-state index is 11.8. The van der Waals surface area contributed by atoms with Crippen molar-refractivity contribution >= 4 is 5.97 Å². The number of ether oxygens (including phenoxy) is 1. The zero-order chi connectivity index (χ0) is 20.6. The second kappa shape index (κ2) is 7.79. The summed E-state index contributed by atoms with van der Waals surface area (Å²) in [6.07, 6.45) is 5.13. The number of carbonyl (C=O) groups is 1. The van der Waals surface area contributed by atoms with E-state index in [9.17, 15) is 4.79 Å². The maximum Gasteiger partial charge on any atom is 0.337 e. The van der Waals surface area contributed by atoms with Crippen molar-refractivity contribution in [2.45, 2.75) is 33.2 Å². The summed E-state index contributed by atoms with van der Waals surface area (Å²) in [5, 5.41) is 0. The molecule has 0 radical (unpaired) electrons. The lowest BCUT2D eigenvalue weighted by atomic mass is 9.49. The first-order valence-electron chi connectivity index (χ1n) is 10.5. The number of allylic oxidation sites excluding steroid dienone is 1. The topological polar surface area (TPSA) is 29.5 Å². The summed E-state index contributed by atoms with van der Waals surface area (Å²) in [5.74, 6) is 1.36. The van der Waals surface area contributed by atoms with Crippen molar-refractivity contribution in [1.82, 2.24) is 4.90 Å². The van der Waals surface area contributed by atoms with E-state index in [2.05, 4.69) is 56.1 Å². The molecule has 3 heteroatoms. The van der Waals surface area contributed by atoms with Crippen LogP contribution in [0, 0.1) is 17.3 Å². The lowest BCUT2D eigenvalue weighted by Crippen LogP contribution is -2.49. The Morgan fingerprint density at radius 2 is 1.86 bits per heavy atom. The molecule has 152 valence electrons. The van der Waals surface area contributed by atoms with E-state index >= 15 is 0 Å². The van der Waals surface area contributed by atoms with Gasteiger partial charge in [0.05, 0.1) is 12.7 Å². The second-order valence-corrected chi connectivity index (χ2v) is 9.26. The molecule has 1 fully saturated rings. The number of rotatable bonds is 6. The van der Waals surface area contributed by atoms with Crippen LogP contribution in [0.5, 0.6) is 0 Å². The predicted octanol–water partition coefficient (Wildman–Crippen LogP) is 5.56. The quantitative estimate of drug-likeness (QED) is 0.478. The number of hydrogen-bond donors (Lipinski definition) is 0.